The second kappa shape index (κ2) is 54.0. The number of esters is 2. The molecule has 0 aromatic heterocycles. The molecule has 0 aromatic rings. The van der Waals surface area contributed by atoms with E-state index in [4.69, 9.17) is 9.47 Å². The summed E-state index contributed by atoms with van der Waals surface area (Å²) in [5, 5.41) is 9.58. The Bertz CT molecular complexity index is 902. The zero-order valence-electron chi connectivity index (χ0n) is 42.2. The molecule has 0 amide bonds. The van der Waals surface area contributed by atoms with Gasteiger partial charge in [0.05, 0.1) is 6.61 Å². The summed E-state index contributed by atoms with van der Waals surface area (Å²) in [5.41, 5.74) is 0. The molecule has 368 valence electrons. The molecule has 0 aliphatic carbocycles. The molecule has 0 aromatic carbocycles. The van der Waals surface area contributed by atoms with E-state index in [1.54, 1.807) is 0 Å². The Balaban J connectivity index is 3.30. The highest BCUT2D eigenvalue weighted by atomic mass is 16.6. The number of hydrogen-bond donors (Lipinski definition) is 1. The molecule has 5 nitrogen and oxygen atoms in total. The number of rotatable bonds is 53. The number of hydrogen-bond acceptors (Lipinski definition) is 5. The molecule has 0 bridgehead atoms. The van der Waals surface area contributed by atoms with Crippen molar-refractivity contribution in [2.45, 2.75) is 328 Å². The summed E-state index contributed by atoms with van der Waals surface area (Å²) >= 11 is 0. The minimum absolute atomic E-state index is 0.0581. The third-order valence-corrected chi connectivity index (χ3v) is 13.1. The Hall–Kier alpha value is -1.36. The molecule has 0 aliphatic rings. The maximum absolute atomic E-state index is 12.2. The first-order chi connectivity index (χ1) is 30.6. The molecule has 0 spiro atoms. The summed E-state index contributed by atoms with van der Waals surface area (Å²) < 4.78 is 10.6. The summed E-state index contributed by atoms with van der Waals surface area (Å²) in [6.07, 6.45) is 66.6. The van der Waals surface area contributed by atoms with E-state index >= 15 is 0 Å². The van der Waals surface area contributed by atoms with Gasteiger partial charge < -0.3 is 14.6 Å². The minimum atomic E-state index is -0.763. The van der Waals surface area contributed by atoms with Crippen molar-refractivity contribution in [3.8, 4) is 0 Å². The van der Waals surface area contributed by atoms with Gasteiger partial charge in [0.15, 0.2) is 6.10 Å². The summed E-state index contributed by atoms with van der Waals surface area (Å²) in [6, 6.07) is 0. The number of ether oxygens (including phenoxy) is 2. The van der Waals surface area contributed by atoms with Gasteiger partial charge in [-0.1, -0.05) is 283 Å². The van der Waals surface area contributed by atoms with Crippen molar-refractivity contribution in [3.63, 3.8) is 0 Å². The largest absolute Gasteiger partial charge is 0.462 e. The molecule has 0 saturated carbocycles. The first kappa shape index (κ1) is 60.6. The number of carbonyl (C=O) groups is 2. The zero-order chi connectivity index (χ0) is 44.9. The third-order valence-electron chi connectivity index (χ3n) is 13.1. The van der Waals surface area contributed by atoms with Crippen molar-refractivity contribution in [2.24, 2.45) is 0 Å². The molecule has 1 atom stereocenters. The molecule has 1 N–H and O–H groups in total. The Morgan fingerprint density at radius 2 is 0.597 bits per heavy atom. The van der Waals surface area contributed by atoms with Gasteiger partial charge >= 0.3 is 11.9 Å². The van der Waals surface area contributed by atoms with Gasteiger partial charge in [-0.2, -0.15) is 0 Å². The minimum Gasteiger partial charge on any atom is -0.462 e. The Labute approximate surface area is 388 Å². The van der Waals surface area contributed by atoms with Crippen LogP contribution in [-0.4, -0.2) is 36.4 Å². The van der Waals surface area contributed by atoms with Crippen molar-refractivity contribution < 1.29 is 24.2 Å². The van der Waals surface area contributed by atoms with Crippen LogP contribution in [0.1, 0.15) is 322 Å². The van der Waals surface area contributed by atoms with Crippen molar-refractivity contribution >= 4 is 11.9 Å². The molecule has 62 heavy (non-hydrogen) atoms. The van der Waals surface area contributed by atoms with E-state index in [0.717, 1.165) is 38.5 Å². The predicted molar refractivity (Wildman–Crippen MR) is 270 cm³/mol. The number of carbonyl (C=O) groups excluding carboxylic acids is 2. The van der Waals surface area contributed by atoms with Crippen LogP contribution in [0.15, 0.2) is 12.2 Å². The molecule has 1 unspecified atom stereocenters. The highest BCUT2D eigenvalue weighted by molar-refractivity contribution is 5.70. The van der Waals surface area contributed by atoms with E-state index in [-0.39, 0.29) is 25.2 Å². The summed E-state index contributed by atoms with van der Waals surface area (Å²) in [5.74, 6) is -0.576. The maximum Gasteiger partial charge on any atom is 0.306 e. The summed E-state index contributed by atoms with van der Waals surface area (Å²) in [7, 11) is 0. The van der Waals surface area contributed by atoms with E-state index in [2.05, 4.69) is 26.0 Å². The van der Waals surface area contributed by atoms with Crippen LogP contribution in [0.25, 0.3) is 0 Å². The Morgan fingerprint density at radius 1 is 0.355 bits per heavy atom. The number of aliphatic hydroxyl groups is 1. The second-order valence-electron chi connectivity index (χ2n) is 19.4. The highest BCUT2D eigenvalue weighted by Gasteiger charge is 2.16. The van der Waals surface area contributed by atoms with E-state index in [1.807, 2.05) is 0 Å². The van der Waals surface area contributed by atoms with E-state index in [9.17, 15) is 14.7 Å². The monoisotopic (exact) mass is 875 g/mol. The number of allylic oxidation sites excluding steroid dienone is 2. The van der Waals surface area contributed by atoms with Gasteiger partial charge in [-0.05, 0) is 38.5 Å². The Morgan fingerprint density at radius 3 is 0.871 bits per heavy atom. The van der Waals surface area contributed by atoms with Crippen LogP contribution >= 0.6 is 0 Å². The smallest absolute Gasteiger partial charge is 0.306 e. The van der Waals surface area contributed by atoms with E-state index in [1.165, 1.54) is 257 Å². The quantitative estimate of drug-likeness (QED) is 0.0374. The van der Waals surface area contributed by atoms with Crippen LogP contribution in [0.4, 0.5) is 0 Å². The number of aliphatic hydroxyl groups excluding tert-OH is 1. The van der Waals surface area contributed by atoms with Crippen molar-refractivity contribution in [2.75, 3.05) is 13.2 Å². The van der Waals surface area contributed by atoms with Gasteiger partial charge in [-0.3, -0.25) is 9.59 Å². The SMILES string of the molecule is CCCCCCCCCC/C=C\CCCCCCCCCCCCCCCCCCCCCCCCCCCCCC(=O)OC(CO)COC(=O)CCCCCCCCCCC. The lowest BCUT2D eigenvalue weighted by Gasteiger charge is -2.15. The summed E-state index contributed by atoms with van der Waals surface area (Å²) in [6.45, 7) is 4.15. The fourth-order valence-electron chi connectivity index (χ4n) is 8.79. The standard InChI is InChI=1S/C57H110O5/c1-3-5-7-9-11-13-14-15-16-17-18-19-20-21-22-23-24-25-26-27-28-29-30-31-32-33-34-35-36-37-38-39-40-41-42-44-46-48-50-52-57(60)62-55(53-58)54-61-56(59)51-49-47-45-43-12-10-8-6-4-2/h17-18,55,58H,3-16,19-54H2,1-2H3/b18-17-. The van der Waals surface area contributed by atoms with E-state index < -0.39 is 6.10 Å². The fraction of sp³-hybridized carbons (Fsp3) is 0.930. The lowest BCUT2D eigenvalue weighted by atomic mass is 10.0. The van der Waals surface area contributed by atoms with Crippen molar-refractivity contribution in [3.05, 3.63) is 12.2 Å². The molecule has 0 aliphatic heterocycles. The van der Waals surface area contributed by atoms with Crippen LogP contribution < -0.4 is 0 Å². The molecule has 0 saturated heterocycles. The first-order valence-corrected chi connectivity index (χ1v) is 28.2. The fourth-order valence-corrected chi connectivity index (χ4v) is 8.79. The van der Waals surface area contributed by atoms with Crippen LogP contribution in [-0.2, 0) is 19.1 Å². The zero-order valence-corrected chi connectivity index (χ0v) is 42.2. The molecule has 5 heteroatoms. The van der Waals surface area contributed by atoms with Gasteiger partial charge in [0.2, 0.25) is 0 Å². The van der Waals surface area contributed by atoms with Gasteiger partial charge in [-0.25, -0.2) is 0 Å². The van der Waals surface area contributed by atoms with Crippen molar-refractivity contribution in [1.29, 1.82) is 0 Å². The molecule has 0 fully saturated rings. The normalized spacial score (nSPS) is 12.1. The highest BCUT2D eigenvalue weighted by Crippen LogP contribution is 2.18. The van der Waals surface area contributed by atoms with Crippen LogP contribution in [0.5, 0.6) is 0 Å². The van der Waals surface area contributed by atoms with Crippen LogP contribution in [0.2, 0.25) is 0 Å². The maximum atomic E-state index is 12.2. The van der Waals surface area contributed by atoms with Crippen LogP contribution in [0.3, 0.4) is 0 Å². The van der Waals surface area contributed by atoms with Gasteiger partial charge in [-0.15, -0.1) is 0 Å². The molecule has 0 radical (unpaired) electrons. The van der Waals surface area contributed by atoms with Crippen molar-refractivity contribution in [1.82, 2.24) is 0 Å². The lowest BCUT2D eigenvalue weighted by molar-refractivity contribution is -0.161. The lowest BCUT2D eigenvalue weighted by Crippen LogP contribution is -2.28. The predicted octanol–water partition coefficient (Wildman–Crippen LogP) is 18.8. The molecular weight excluding hydrogens is 765 g/mol. The molecule has 0 rings (SSSR count). The molecule has 0 heterocycles. The second-order valence-corrected chi connectivity index (χ2v) is 19.4. The van der Waals surface area contributed by atoms with Crippen LogP contribution in [0, 0.1) is 0 Å². The average Bonchev–Trinajstić information content (AvgIpc) is 3.28. The molecular formula is C57H110O5. The van der Waals surface area contributed by atoms with Gasteiger partial charge in [0, 0.05) is 12.8 Å². The topological polar surface area (TPSA) is 72.8 Å². The summed E-state index contributed by atoms with van der Waals surface area (Å²) in [4.78, 5) is 24.3. The average molecular weight is 876 g/mol. The number of unbranched alkanes of at least 4 members (excludes halogenated alkanes) is 43. The van der Waals surface area contributed by atoms with Gasteiger partial charge in [0.25, 0.3) is 0 Å². The van der Waals surface area contributed by atoms with Gasteiger partial charge in [0.1, 0.15) is 6.61 Å². The first-order valence-electron chi connectivity index (χ1n) is 28.2. The van der Waals surface area contributed by atoms with E-state index in [0.29, 0.717) is 12.8 Å². The third kappa shape index (κ3) is 51.3. The Kier molecular flexibility index (Phi) is 52.8.